The predicted octanol–water partition coefficient (Wildman–Crippen LogP) is 3.42. The van der Waals surface area contributed by atoms with Gasteiger partial charge in [0, 0.05) is 29.6 Å². The van der Waals surface area contributed by atoms with Crippen LogP contribution in [0.15, 0.2) is 54.9 Å². The maximum Gasteiger partial charge on any atom is 0.319 e. The van der Waals surface area contributed by atoms with Crippen molar-refractivity contribution in [3.63, 3.8) is 0 Å². The predicted molar refractivity (Wildman–Crippen MR) is 99.4 cm³/mol. The van der Waals surface area contributed by atoms with Gasteiger partial charge in [-0.3, -0.25) is 5.10 Å². The molecule has 7 heteroatoms. The summed E-state index contributed by atoms with van der Waals surface area (Å²) in [7, 11) is 3.19. The quantitative estimate of drug-likeness (QED) is 0.634. The molecule has 0 aliphatic carbocycles. The fourth-order valence-corrected chi connectivity index (χ4v) is 2.53. The van der Waals surface area contributed by atoms with Gasteiger partial charge in [-0.1, -0.05) is 12.1 Å². The van der Waals surface area contributed by atoms with Crippen LogP contribution in [0, 0.1) is 0 Å². The minimum absolute atomic E-state index is 0.300. The van der Waals surface area contributed by atoms with Gasteiger partial charge in [0.25, 0.3) is 0 Å². The summed E-state index contributed by atoms with van der Waals surface area (Å²) in [5.74, 6) is 1.40. The topological polar surface area (TPSA) is 88.3 Å². The Kier molecular flexibility index (Phi) is 5.38. The van der Waals surface area contributed by atoms with Crippen LogP contribution in [0.4, 0.5) is 10.5 Å². The monoisotopic (exact) mass is 352 g/mol. The number of rotatable bonds is 6. The number of ether oxygens (including phenoxy) is 2. The lowest BCUT2D eigenvalue weighted by Crippen LogP contribution is -2.28. The third-order valence-corrected chi connectivity index (χ3v) is 3.90. The fourth-order valence-electron chi connectivity index (χ4n) is 2.53. The number of aromatic nitrogens is 2. The first-order valence-corrected chi connectivity index (χ1v) is 8.04. The van der Waals surface area contributed by atoms with Crippen molar-refractivity contribution in [1.82, 2.24) is 15.5 Å². The van der Waals surface area contributed by atoms with E-state index in [9.17, 15) is 4.79 Å². The van der Waals surface area contributed by atoms with Crippen molar-refractivity contribution in [3.05, 3.63) is 60.4 Å². The van der Waals surface area contributed by atoms with Crippen molar-refractivity contribution >= 4 is 11.7 Å². The normalized spacial score (nSPS) is 10.2. The van der Waals surface area contributed by atoms with Gasteiger partial charge in [0.05, 0.1) is 20.4 Å². The van der Waals surface area contributed by atoms with Gasteiger partial charge in [0.15, 0.2) is 0 Å². The largest absolute Gasteiger partial charge is 0.497 e. The number of amides is 2. The van der Waals surface area contributed by atoms with E-state index in [1.807, 2.05) is 48.7 Å². The van der Waals surface area contributed by atoms with Gasteiger partial charge < -0.3 is 20.1 Å². The number of benzene rings is 2. The van der Waals surface area contributed by atoms with Gasteiger partial charge in [0.1, 0.15) is 11.5 Å². The van der Waals surface area contributed by atoms with Crippen LogP contribution in [0.2, 0.25) is 0 Å². The van der Waals surface area contributed by atoms with E-state index in [1.165, 1.54) is 0 Å². The maximum atomic E-state index is 12.1. The van der Waals surface area contributed by atoms with Crippen LogP contribution >= 0.6 is 0 Å². The van der Waals surface area contributed by atoms with Gasteiger partial charge in [0.2, 0.25) is 0 Å². The van der Waals surface area contributed by atoms with E-state index in [1.54, 1.807) is 20.4 Å². The molecule has 1 aromatic heterocycles. The Hall–Kier alpha value is -3.48. The summed E-state index contributed by atoms with van der Waals surface area (Å²) in [4.78, 5) is 12.1. The molecule has 3 rings (SSSR count). The van der Waals surface area contributed by atoms with E-state index in [-0.39, 0.29) is 6.03 Å². The number of hydrogen-bond acceptors (Lipinski definition) is 4. The molecule has 0 radical (unpaired) electrons. The van der Waals surface area contributed by atoms with Crippen molar-refractivity contribution in [2.45, 2.75) is 6.54 Å². The van der Waals surface area contributed by atoms with E-state index in [2.05, 4.69) is 20.8 Å². The summed E-state index contributed by atoms with van der Waals surface area (Å²) >= 11 is 0. The summed E-state index contributed by atoms with van der Waals surface area (Å²) in [5, 5.41) is 12.3. The third kappa shape index (κ3) is 4.13. The van der Waals surface area contributed by atoms with Crippen LogP contribution < -0.4 is 20.1 Å². The standard InChI is InChI=1S/C19H20N4O3/c1-25-17-7-8-18(26-2)14(9-17)10-20-19(24)23-16-5-3-13(4-6-16)15-11-21-22-12-15/h3-9,11-12H,10H2,1-2H3,(H,21,22)(H2,20,23,24). The molecule has 0 aliphatic heterocycles. The van der Waals surface area contributed by atoms with Crippen molar-refractivity contribution < 1.29 is 14.3 Å². The van der Waals surface area contributed by atoms with Gasteiger partial charge in [-0.05, 0) is 35.9 Å². The van der Waals surface area contributed by atoms with Crippen LogP contribution in [-0.4, -0.2) is 30.4 Å². The molecule has 3 aromatic rings. The van der Waals surface area contributed by atoms with Crippen LogP contribution in [0.25, 0.3) is 11.1 Å². The van der Waals surface area contributed by atoms with Crippen LogP contribution in [-0.2, 0) is 6.54 Å². The molecule has 2 amide bonds. The van der Waals surface area contributed by atoms with Gasteiger partial charge in [-0.2, -0.15) is 5.10 Å². The second-order valence-corrected chi connectivity index (χ2v) is 5.55. The highest BCUT2D eigenvalue weighted by atomic mass is 16.5. The molecule has 0 saturated heterocycles. The first-order valence-electron chi connectivity index (χ1n) is 8.04. The van der Waals surface area contributed by atoms with Gasteiger partial charge in [-0.15, -0.1) is 0 Å². The van der Waals surface area contributed by atoms with Crippen LogP contribution in [0.1, 0.15) is 5.56 Å². The van der Waals surface area contributed by atoms with Crippen molar-refractivity contribution in [3.8, 4) is 22.6 Å². The molecule has 0 unspecified atom stereocenters. The molecule has 1 heterocycles. The Balaban J connectivity index is 1.59. The van der Waals surface area contributed by atoms with E-state index in [4.69, 9.17) is 9.47 Å². The van der Waals surface area contributed by atoms with Crippen LogP contribution in [0.3, 0.4) is 0 Å². The third-order valence-electron chi connectivity index (χ3n) is 3.90. The molecule has 0 saturated carbocycles. The average molecular weight is 352 g/mol. The molecular formula is C19H20N4O3. The molecule has 0 spiro atoms. The Bertz CT molecular complexity index is 861. The molecule has 0 atom stereocenters. The Morgan fingerprint density at radius 2 is 1.88 bits per heavy atom. The van der Waals surface area contributed by atoms with Crippen LogP contribution in [0.5, 0.6) is 11.5 Å². The van der Waals surface area contributed by atoms with Crippen molar-refractivity contribution in [2.24, 2.45) is 0 Å². The minimum Gasteiger partial charge on any atom is -0.497 e. The van der Waals surface area contributed by atoms with Gasteiger partial charge in [-0.25, -0.2) is 4.79 Å². The highest BCUT2D eigenvalue weighted by Crippen LogP contribution is 2.24. The molecule has 0 fully saturated rings. The SMILES string of the molecule is COc1ccc(OC)c(CNC(=O)Nc2ccc(-c3cn[nH]c3)cc2)c1. The molecule has 7 nitrogen and oxygen atoms in total. The molecule has 2 aromatic carbocycles. The zero-order chi connectivity index (χ0) is 18.4. The van der Waals surface area contributed by atoms with E-state index in [0.717, 1.165) is 16.7 Å². The number of hydrogen-bond donors (Lipinski definition) is 3. The Morgan fingerprint density at radius 3 is 2.54 bits per heavy atom. The summed E-state index contributed by atoms with van der Waals surface area (Å²) in [6, 6.07) is 12.7. The number of carbonyl (C=O) groups excluding carboxylic acids is 1. The zero-order valence-electron chi connectivity index (χ0n) is 14.6. The maximum absolute atomic E-state index is 12.1. The molecule has 0 bridgehead atoms. The van der Waals surface area contributed by atoms with E-state index >= 15 is 0 Å². The highest BCUT2D eigenvalue weighted by molar-refractivity contribution is 5.89. The van der Waals surface area contributed by atoms with Gasteiger partial charge >= 0.3 is 6.03 Å². The Morgan fingerprint density at radius 1 is 1.08 bits per heavy atom. The number of aromatic amines is 1. The lowest BCUT2D eigenvalue weighted by Gasteiger charge is -2.12. The second kappa shape index (κ2) is 8.06. The summed E-state index contributed by atoms with van der Waals surface area (Å²) < 4.78 is 10.5. The number of nitrogens with zero attached hydrogens (tertiary/aromatic N) is 1. The smallest absolute Gasteiger partial charge is 0.319 e. The first-order chi connectivity index (χ1) is 12.7. The number of H-pyrrole nitrogens is 1. The van der Waals surface area contributed by atoms with E-state index in [0.29, 0.717) is 23.7 Å². The van der Waals surface area contributed by atoms with Crippen molar-refractivity contribution in [2.75, 3.05) is 19.5 Å². The first kappa shape index (κ1) is 17.3. The lowest BCUT2D eigenvalue weighted by molar-refractivity contribution is 0.251. The summed E-state index contributed by atoms with van der Waals surface area (Å²) in [6.07, 6.45) is 3.56. The molecule has 134 valence electrons. The molecule has 3 N–H and O–H groups in total. The number of nitrogens with one attached hydrogen (secondary N) is 3. The number of anilines is 1. The molecule has 26 heavy (non-hydrogen) atoms. The zero-order valence-corrected chi connectivity index (χ0v) is 14.6. The fraction of sp³-hybridized carbons (Fsp3) is 0.158. The number of methoxy groups -OCH3 is 2. The van der Waals surface area contributed by atoms with E-state index < -0.39 is 0 Å². The number of carbonyl (C=O) groups is 1. The second-order valence-electron chi connectivity index (χ2n) is 5.55. The highest BCUT2D eigenvalue weighted by Gasteiger charge is 2.08. The summed E-state index contributed by atoms with van der Waals surface area (Å²) in [5.41, 5.74) is 3.54. The average Bonchev–Trinajstić information content (AvgIpc) is 3.21. The minimum atomic E-state index is -0.300. The van der Waals surface area contributed by atoms with Crippen molar-refractivity contribution in [1.29, 1.82) is 0 Å². The lowest BCUT2D eigenvalue weighted by atomic mass is 10.1. The molecular weight excluding hydrogens is 332 g/mol. The molecule has 0 aliphatic rings. The number of urea groups is 1. The summed E-state index contributed by atoms with van der Waals surface area (Å²) in [6.45, 7) is 0.319. The Labute approximate surface area is 151 Å².